The van der Waals surface area contributed by atoms with Crippen molar-refractivity contribution in [2.45, 2.75) is 44.0 Å². The van der Waals surface area contributed by atoms with E-state index in [9.17, 15) is 13.2 Å². The smallest absolute Gasteiger partial charge is 0.245 e. The summed E-state index contributed by atoms with van der Waals surface area (Å²) in [6.45, 7) is 5.78. The molecule has 3 aromatic rings. The van der Waals surface area contributed by atoms with Gasteiger partial charge in [0.1, 0.15) is 16.7 Å². The molecule has 8 heteroatoms. The summed E-state index contributed by atoms with van der Waals surface area (Å²) in [7, 11) is -2.67. The van der Waals surface area contributed by atoms with Gasteiger partial charge < -0.3 is 10.1 Å². The summed E-state index contributed by atoms with van der Waals surface area (Å²) in [5, 5.41) is 3.38. The normalized spacial score (nSPS) is 12.4. The predicted molar refractivity (Wildman–Crippen MR) is 136 cm³/mol. The first-order valence-electron chi connectivity index (χ1n) is 10.9. The van der Waals surface area contributed by atoms with E-state index < -0.39 is 22.0 Å². The molecule has 0 aromatic heterocycles. The van der Waals surface area contributed by atoms with Crippen LogP contribution in [-0.4, -0.2) is 27.5 Å². The summed E-state index contributed by atoms with van der Waals surface area (Å²) >= 11 is 6.03. The lowest BCUT2D eigenvalue weighted by Gasteiger charge is -2.21. The van der Waals surface area contributed by atoms with E-state index in [0.29, 0.717) is 10.7 Å². The van der Waals surface area contributed by atoms with Crippen LogP contribution in [0.25, 0.3) is 0 Å². The van der Waals surface area contributed by atoms with Gasteiger partial charge in [-0.2, -0.15) is 4.72 Å². The van der Waals surface area contributed by atoms with Crippen molar-refractivity contribution in [2.24, 2.45) is 0 Å². The minimum Gasteiger partial charge on any atom is -0.495 e. The Balaban J connectivity index is 1.96. The number of amides is 1. The molecular formula is C26H29ClN2O4S. The molecular weight excluding hydrogens is 472 g/mol. The Bertz CT molecular complexity index is 1260. The van der Waals surface area contributed by atoms with E-state index in [1.165, 1.54) is 7.11 Å². The van der Waals surface area contributed by atoms with Crippen molar-refractivity contribution in [3.8, 4) is 5.75 Å². The Morgan fingerprint density at radius 1 is 1.03 bits per heavy atom. The zero-order valence-electron chi connectivity index (χ0n) is 19.6. The number of rotatable bonds is 9. The third-order valence-corrected chi connectivity index (χ3v) is 7.21. The number of carbonyl (C=O) groups is 1. The maximum Gasteiger partial charge on any atom is 0.245 e. The summed E-state index contributed by atoms with van der Waals surface area (Å²) in [4.78, 5) is 13.3. The fraction of sp³-hybridized carbons (Fsp3) is 0.269. The number of anilines is 1. The summed E-state index contributed by atoms with van der Waals surface area (Å²) < 4.78 is 34.9. The van der Waals surface area contributed by atoms with Gasteiger partial charge in [0.05, 0.1) is 7.11 Å². The highest BCUT2D eigenvalue weighted by Gasteiger charge is 2.29. The van der Waals surface area contributed by atoms with Gasteiger partial charge in [0.2, 0.25) is 15.9 Å². The van der Waals surface area contributed by atoms with E-state index in [1.54, 1.807) is 30.3 Å². The standard InChI is InChI=1S/C26H29ClN2O4S/c1-17(2)20-10-13-24(33-4)25(16-20)34(31,32)29-23(15-19-8-6-5-7-9-19)26(30)28-22-12-11-21(27)14-18(22)3/h5-14,16-17,23,29H,15H2,1-4H3,(H,28,30). The number of nitrogens with one attached hydrogen (secondary N) is 2. The van der Waals surface area contributed by atoms with E-state index >= 15 is 0 Å². The molecule has 0 aliphatic heterocycles. The SMILES string of the molecule is COc1ccc(C(C)C)cc1S(=O)(=O)NC(Cc1ccccc1)C(=O)Nc1ccc(Cl)cc1C. The molecule has 1 unspecified atom stereocenters. The molecule has 3 aromatic carbocycles. The van der Waals surface area contributed by atoms with Gasteiger partial charge in [0, 0.05) is 10.7 Å². The third kappa shape index (κ3) is 6.38. The second-order valence-electron chi connectivity index (χ2n) is 8.38. The molecule has 0 saturated heterocycles. The quantitative estimate of drug-likeness (QED) is 0.417. The van der Waals surface area contributed by atoms with Crippen molar-refractivity contribution in [3.63, 3.8) is 0 Å². The van der Waals surface area contributed by atoms with Crippen LogP contribution in [0.3, 0.4) is 0 Å². The minimum atomic E-state index is -4.09. The number of halogens is 1. The van der Waals surface area contributed by atoms with Crippen LogP contribution < -0.4 is 14.8 Å². The molecule has 1 amide bonds. The molecule has 0 bridgehead atoms. The minimum absolute atomic E-state index is 0.00487. The van der Waals surface area contributed by atoms with Crippen molar-refractivity contribution in [2.75, 3.05) is 12.4 Å². The number of hydrogen-bond acceptors (Lipinski definition) is 4. The Kier molecular flexibility index (Phi) is 8.36. The van der Waals surface area contributed by atoms with E-state index in [2.05, 4.69) is 10.0 Å². The molecule has 6 nitrogen and oxygen atoms in total. The Morgan fingerprint density at radius 3 is 2.35 bits per heavy atom. The monoisotopic (exact) mass is 500 g/mol. The average molecular weight is 501 g/mol. The molecule has 0 aliphatic rings. The maximum absolute atomic E-state index is 13.5. The summed E-state index contributed by atoms with van der Waals surface area (Å²) in [6.07, 6.45) is 0.171. The fourth-order valence-electron chi connectivity index (χ4n) is 3.54. The second-order valence-corrected chi connectivity index (χ2v) is 10.5. The van der Waals surface area contributed by atoms with Gasteiger partial charge in [-0.05, 0) is 66.3 Å². The molecule has 0 fully saturated rings. The molecule has 0 saturated carbocycles. The topological polar surface area (TPSA) is 84.5 Å². The van der Waals surface area contributed by atoms with Crippen molar-refractivity contribution in [1.29, 1.82) is 0 Å². The summed E-state index contributed by atoms with van der Waals surface area (Å²) in [6, 6.07) is 18.3. The summed E-state index contributed by atoms with van der Waals surface area (Å²) in [5.41, 5.74) is 3.00. The van der Waals surface area contributed by atoms with Crippen molar-refractivity contribution < 1.29 is 17.9 Å². The Labute approximate surface area is 206 Å². The Hall–Kier alpha value is -2.87. The number of aryl methyl sites for hydroxylation is 1. The van der Waals surface area contributed by atoms with Gasteiger partial charge in [-0.1, -0.05) is 61.8 Å². The second kappa shape index (κ2) is 11.0. The van der Waals surface area contributed by atoms with Crippen molar-refractivity contribution in [1.82, 2.24) is 4.72 Å². The van der Waals surface area contributed by atoms with Gasteiger partial charge in [-0.3, -0.25) is 4.79 Å². The highest BCUT2D eigenvalue weighted by atomic mass is 35.5. The Morgan fingerprint density at radius 2 is 1.74 bits per heavy atom. The molecule has 0 heterocycles. The lowest BCUT2D eigenvalue weighted by molar-refractivity contribution is -0.117. The molecule has 0 aliphatic carbocycles. The fourth-order valence-corrected chi connectivity index (χ4v) is 5.16. The number of ether oxygens (including phenoxy) is 1. The third-order valence-electron chi connectivity index (χ3n) is 5.49. The van der Waals surface area contributed by atoms with Crippen LogP contribution in [0.5, 0.6) is 5.75 Å². The number of benzene rings is 3. The van der Waals surface area contributed by atoms with Crippen LogP contribution in [0.15, 0.2) is 71.6 Å². The van der Waals surface area contributed by atoms with Crippen molar-refractivity contribution >= 4 is 33.2 Å². The van der Waals surface area contributed by atoms with Crippen LogP contribution in [0, 0.1) is 6.92 Å². The molecule has 34 heavy (non-hydrogen) atoms. The van der Waals surface area contributed by atoms with E-state index in [1.807, 2.05) is 57.2 Å². The van der Waals surface area contributed by atoms with Crippen LogP contribution in [0.1, 0.15) is 36.5 Å². The van der Waals surface area contributed by atoms with Crippen LogP contribution in [0.4, 0.5) is 5.69 Å². The molecule has 1 atom stereocenters. The van der Waals surface area contributed by atoms with E-state index in [0.717, 1.165) is 16.7 Å². The molecule has 2 N–H and O–H groups in total. The molecule has 0 spiro atoms. The van der Waals surface area contributed by atoms with Gasteiger partial charge in [-0.15, -0.1) is 0 Å². The van der Waals surface area contributed by atoms with Crippen LogP contribution >= 0.6 is 11.6 Å². The van der Waals surface area contributed by atoms with Gasteiger partial charge in [0.15, 0.2) is 0 Å². The number of hydrogen-bond donors (Lipinski definition) is 2. The van der Waals surface area contributed by atoms with Crippen LogP contribution in [0.2, 0.25) is 5.02 Å². The number of sulfonamides is 1. The number of methoxy groups -OCH3 is 1. The lowest BCUT2D eigenvalue weighted by Crippen LogP contribution is -2.45. The van der Waals surface area contributed by atoms with E-state index in [-0.39, 0.29) is 23.0 Å². The number of carbonyl (C=O) groups excluding carboxylic acids is 1. The predicted octanol–water partition coefficient (Wildman–Crippen LogP) is 5.31. The first kappa shape index (κ1) is 25.7. The molecule has 0 radical (unpaired) electrons. The largest absolute Gasteiger partial charge is 0.495 e. The maximum atomic E-state index is 13.5. The van der Waals surface area contributed by atoms with Crippen molar-refractivity contribution in [3.05, 3.63) is 88.4 Å². The zero-order valence-corrected chi connectivity index (χ0v) is 21.2. The summed E-state index contributed by atoms with van der Waals surface area (Å²) in [5.74, 6) is -0.141. The zero-order chi connectivity index (χ0) is 24.9. The first-order chi connectivity index (χ1) is 16.1. The lowest BCUT2D eigenvalue weighted by atomic mass is 10.0. The van der Waals surface area contributed by atoms with Gasteiger partial charge in [0.25, 0.3) is 0 Å². The highest BCUT2D eigenvalue weighted by Crippen LogP contribution is 2.28. The van der Waals surface area contributed by atoms with Gasteiger partial charge in [-0.25, -0.2) is 8.42 Å². The average Bonchev–Trinajstić information content (AvgIpc) is 2.80. The van der Waals surface area contributed by atoms with Gasteiger partial charge >= 0.3 is 0 Å². The molecule has 180 valence electrons. The first-order valence-corrected chi connectivity index (χ1v) is 12.8. The van der Waals surface area contributed by atoms with E-state index in [4.69, 9.17) is 16.3 Å². The van der Waals surface area contributed by atoms with Crippen LogP contribution in [-0.2, 0) is 21.2 Å². The molecule has 3 rings (SSSR count). The highest BCUT2D eigenvalue weighted by molar-refractivity contribution is 7.89.